The summed E-state index contributed by atoms with van der Waals surface area (Å²) in [5.74, 6) is 0.505. The molecule has 1 aliphatic heterocycles. The quantitative estimate of drug-likeness (QED) is 0.274. The molecule has 0 radical (unpaired) electrons. The van der Waals surface area contributed by atoms with E-state index in [1.54, 1.807) is 4.90 Å². The van der Waals surface area contributed by atoms with Crippen LogP contribution in [0.5, 0.6) is 5.88 Å². The monoisotopic (exact) mass is 526 g/mol. The van der Waals surface area contributed by atoms with Gasteiger partial charge in [0, 0.05) is 38.3 Å². The van der Waals surface area contributed by atoms with Crippen molar-refractivity contribution in [1.29, 1.82) is 0 Å². The van der Waals surface area contributed by atoms with Crippen molar-refractivity contribution in [2.75, 3.05) is 18.1 Å². The summed E-state index contributed by atoms with van der Waals surface area (Å²) in [6.45, 7) is 3.49. The second-order valence-electron chi connectivity index (χ2n) is 10.1. The van der Waals surface area contributed by atoms with E-state index >= 15 is 0 Å². The number of aromatic nitrogens is 1. The molecule has 2 heterocycles. The van der Waals surface area contributed by atoms with Crippen molar-refractivity contribution in [2.24, 2.45) is 5.41 Å². The third kappa shape index (κ3) is 10.4. The number of halogens is 3. The van der Waals surface area contributed by atoms with Crippen LogP contribution in [0.25, 0.3) is 0 Å². The van der Waals surface area contributed by atoms with E-state index in [1.165, 1.54) is 50.4 Å². The first kappa shape index (κ1) is 30.8. The molecule has 1 spiro atoms. The maximum atomic E-state index is 12.7. The highest BCUT2D eigenvalue weighted by molar-refractivity contribution is 6.01. The van der Waals surface area contributed by atoms with Gasteiger partial charge in [0.25, 0.3) is 0 Å². The van der Waals surface area contributed by atoms with Crippen molar-refractivity contribution in [3.63, 3.8) is 0 Å². The molecular formula is C28H41F3N2O4. The Labute approximate surface area is 218 Å². The molecule has 1 saturated carbocycles. The molecule has 0 bridgehead atoms. The van der Waals surface area contributed by atoms with Gasteiger partial charge in [0.05, 0.1) is 17.3 Å². The Morgan fingerprint density at radius 1 is 0.973 bits per heavy atom. The Morgan fingerprint density at radius 3 is 2.16 bits per heavy atom. The summed E-state index contributed by atoms with van der Waals surface area (Å²) in [6, 6.07) is 2.85. The van der Waals surface area contributed by atoms with Crippen LogP contribution in [0.1, 0.15) is 104 Å². The van der Waals surface area contributed by atoms with Crippen LogP contribution >= 0.6 is 0 Å². The smallest absolute Gasteiger partial charge is 0.422 e. The van der Waals surface area contributed by atoms with E-state index in [1.807, 2.05) is 0 Å². The van der Waals surface area contributed by atoms with E-state index in [4.69, 9.17) is 0 Å². The lowest BCUT2D eigenvalue weighted by atomic mass is 9.72. The Kier molecular flexibility index (Phi) is 12.5. The number of amides is 1. The summed E-state index contributed by atoms with van der Waals surface area (Å²) in [5.41, 5.74) is 0.0625. The van der Waals surface area contributed by atoms with E-state index in [9.17, 15) is 27.6 Å². The fourth-order valence-corrected chi connectivity index (χ4v) is 4.76. The van der Waals surface area contributed by atoms with Gasteiger partial charge in [-0.05, 0) is 38.2 Å². The SMILES string of the molecule is CCCCCCC(=O)CCCCC.O=C1CCC2(CC1)CCN(c1ccc(OCC(F)(F)F)nc1)C2=O. The third-order valence-corrected chi connectivity index (χ3v) is 7.06. The Bertz CT molecular complexity index is 861. The predicted molar refractivity (Wildman–Crippen MR) is 137 cm³/mol. The van der Waals surface area contributed by atoms with E-state index in [0.717, 1.165) is 25.7 Å². The van der Waals surface area contributed by atoms with Gasteiger partial charge in [-0.25, -0.2) is 4.98 Å². The number of nitrogens with zero attached hydrogens (tertiary/aromatic N) is 2. The summed E-state index contributed by atoms with van der Waals surface area (Å²) in [6.07, 6.45) is 9.66. The van der Waals surface area contributed by atoms with Gasteiger partial charge in [0.1, 0.15) is 11.6 Å². The summed E-state index contributed by atoms with van der Waals surface area (Å²) in [4.78, 5) is 40.9. The molecule has 0 N–H and O–H groups in total. The largest absolute Gasteiger partial charge is 0.468 e. The number of carbonyl (C=O) groups is 3. The molecule has 1 aliphatic carbocycles. The van der Waals surface area contributed by atoms with Crippen molar-refractivity contribution in [2.45, 2.75) is 110 Å². The number of hydrogen-bond donors (Lipinski definition) is 0. The molecule has 9 heteroatoms. The minimum atomic E-state index is -4.42. The highest BCUT2D eigenvalue weighted by Crippen LogP contribution is 2.45. The van der Waals surface area contributed by atoms with Gasteiger partial charge >= 0.3 is 6.18 Å². The summed E-state index contributed by atoms with van der Waals surface area (Å²) < 4.78 is 40.9. The van der Waals surface area contributed by atoms with Crippen LogP contribution in [0, 0.1) is 5.41 Å². The summed E-state index contributed by atoms with van der Waals surface area (Å²) >= 11 is 0. The molecule has 1 aromatic rings. The van der Waals surface area contributed by atoms with Crippen LogP contribution in [0.2, 0.25) is 0 Å². The first-order valence-electron chi connectivity index (χ1n) is 13.6. The van der Waals surface area contributed by atoms with Gasteiger partial charge in [-0.2, -0.15) is 13.2 Å². The standard InChI is InChI=1S/C16H17F3N2O3.C12H24O/c17-16(18,19)10-24-13-2-1-11(9-20-13)21-8-7-15(14(21)23)5-3-12(22)4-6-15;1-3-5-7-9-11-12(13)10-8-6-4-2/h1-2,9H,3-8,10H2;3-11H2,1-2H3. The zero-order chi connectivity index (χ0) is 27.3. The highest BCUT2D eigenvalue weighted by atomic mass is 19.4. The van der Waals surface area contributed by atoms with E-state index in [-0.39, 0.29) is 17.6 Å². The Morgan fingerprint density at radius 2 is 1.59 bits per heavy atom. The lowest BCUT2D eigenvalue weighted by Gasteiger charge is -2.30. The summed E-state index contributed by atoms with van der Waals surface area (Å²) in [7, 11) is 0. The average molecular weight is 527 g/mol. The van der Waals surface area contributed by atoms with Gasteiger partial charge in [-0.15, -0.1) is 0 Å². The normalized spacial score (nSPS) is 17.1. The number of rotatable bonds is 12. The van der Waals surface area contributed by atoms with Crippen molar-refractivity contribution < 1.29 is 32.3 Å². The first-order valence-corrected chi connectivity index (χ1v) is 13.6. The van der Waals surface area contributed by atoms with Gasteiger partial charge in [-0.1, -0.05) is 46.0 Å². The zero-order valence-electron chi connectivity index (χ0n) is 22.2. The Hall–Kier alpha value is -2.45. The van der Waals surface area contributed by atoms with E-state index in [2.05, 4.69) is 23.6 Å². The molecule has 0 aromatic carbocycles. The van der Waals surface area contributed by atoms with Crippen LogP contribution in [-0.4, -0.2) is 41.8 Å². The number of Topliss-reactive ketones (excluding diaryl/α,β-unsaturated/α-hetero) is 2. The van der Waals surface area contributed by atoms with E-state index in [0.29, 0.717) is 50.1 Å². The number of unbranched alkanes of at least 4 members (excludes halogenated alkanes) is 5. The molecule has 208 valence electrons. The van der Waals surface area contributed by atoms with Gasteiger partial charge < -0.3 is 9.64 Å². The molecule has 2 fully saturated rings. The zero-order valence-corrected chi connectivity index (χ0v) is 22.2. The number of ketones is 2. The van der Waals surface area contributed by atoms with E-state index < -0.39 is 18.2 Å². The highest BCUT2D eigenvalue weighted by Gasteiger charge is 2.48. The van der Waals surface area contributed by atoms with Gasteiger partial charge in [0.2, 0.25) is 11.8 Å². The number of alkyl halides is 3. The lowest BCUT2D eigenvalue weighted by Crippen LogP contribution is -2.37. The second kappa shape index (κ2) is 15.1. The minimum Gasteiger partial charge on any atom is -0.468 e. The molecule has 1 aromatic heterocycles. The van der Waals surface area contributed by atoms with Crippen LogP contribution in [0.3, 0.4) is 0 Å². The molecule has 3 rings (SSSR count). The maximum Gasteiger partial charge on any atom is 0.422 e. The lowest BCUT2D eigenvalue weighted by molar-refractivity contribution is -0.154. The molecule has 0 unspecified atom stereocenters. The van der Waals surface area contributed by atoms with Crippen molar-refractivity contribution in [1.82, 2.24) is 4.98 Å². The maximum absolute atomic E-state index is 12.7. The molecule has 0 atom stereocenters. The number of anilines is 1. The molecule has 2 aliphatic rings. The van der Waals surface area contributed by atoms with Crippen LogP contribution < -0.4 is 9.64 Å². The third-order valence-electron chi connectivity index (χ3n) is 7.06. The number of hydrogen-bond acceptors (Lipinski definition) is 5. The van der Waals surface area contributed by atoms with Crippen LogP contribution in [0.4, 0.5) is 18.9 Å². The van der Waals surface area contributed by atoms with Gasteiger partial charge in [0.15, 0.2) is 6.61 Å². The van der Waals surface area contributed by atoms with Crippen LogP contribution in [0.15, 0.2) is 18.3 Å². The van der Waals surface area contributed by atoms with Crippen molar-refractivity contribution in [3.8, 4) is 5.88 Å². The topological polar surface area (TPSA) is 76.6 Å². The molecule has 1 amide bonds. The number of carbonyl (C=O) groups excluding carboxylic acids is 3. The summed E-state index contributed by atoms with van der Waals surface area (Å²) in [5, 5.41) is 0. The molecule has 6 nitrogen and oxygen atoms in total. The van der Waals surface area contributed by atoms with Crippen LogP contribution in [-0.2, 0) is 14.4 Å². The van der Waals surface area contributed by atoms with Crippen molar-refractivity contribution in [3.05, 3.63) is 18.3 Å². The number of pyridine rings is 1. The molecular weight excluding hydrogens is 485 g/mol. The first-order chi connectivity index (χ1) is 17.6. The van der Waals surface area contributed by atoms with Gasteiger partial charge in [-0.3, -0.25) is 14.4 Å². The minimum absolute atomic E-state index is 0.0271. The molecule has 37 heavy (non-hydrogen) atoms. The molecule has 1 saturated heterocycles. The second-order valence-corrected chi connectivity index (χ2v) is 10.1. The van der Waals surface area contributed by atoms with Crippen molar-refractivity contribution >= 4 is 23.2 Å². The fourth-order valence-electron chi connectivity index (χ4n) is 4.76. The Balaban J connectivity index is 0.000000317. The predicted octanol–water partition coefficient (Wildman–Crippen LogP) is 7.00. The average Bonchev–Trinajstić information content (AvgIpc) is 3.18. The number of ether oxygens (including phenoxy) is 1. The fraction of sp³-hybridized carbons (Fsp3) is 0.714.